The molecule has 0 fully saturated rings. The van der Waals surface area contributed by atoms with Crippen molar-refractivity contribution in [2.45, 2.75) is 45.1 Å². The minimum absolute atomic E-state index is 0.459. The zero-order valence-electron chi connectivity index (χ0n) is 7.88. The molecule has 1 aliphatic heterocycles. The Kier molecular flexibility index (Phi) is 4.15. The molecular formula is C10H19NO. The van der Waals surface area contributed by atoms with Crippen molar-refractivity contribution < 1.29 is 4.74 Å². The quantitative estimate of drug-likeness (QED) is 0.655. The van der Waals surface area contributed by atoms with Crippen molar-refractivity contribution in [3.8, 4) is 0 Å². The highest BCUT2D eigenvalue weighted by Crippen LogP contribution is 2.20. The van der Waals surface area contributed by atoms with Crippen molar-refractivity contribution in [1.29, 1.82) is 0 Å². The zero-order valence-corrected chi connectivity index (χ0v) is 7.88. The topological polar surface area (TPSA) is 35.2 Å². The van der Waals surface area contributed by atoms with Gasteiger partial charge in [-0.15, -0.1) is 0 Å². The molecule has 0 saturated carbocycles. The third kappa shape index (κ3) is 3.26. The SMILES string of the molecule is CC1=COC(CCCCN)CC1. The summed E-state index contributed by atoms with van der Waals surface area (Å²) in [4.78, 5) is 0. The fourth-order valence-electron chi connectivity index (χ4n) is 1.46. The summed E-state index contributed by atoms with van der Waals surface area (Å²) in [5, 5.41) is 0. The van der Waals surface area contributed by atoms with Gasteiger partial charge in [-0.25, -0.2) is 0 Å². The standard InChI is InChI=1S/C10H19NO/c1-9-5-6-10(12-8-9)4-2-3-7-11/h8,10H,2-7,11H2,1H3. The van der Waals surface area contributed by atoms with Crippen LogP contribution in [0.4, 0.5) is 0 Å². The number of unbranched alkanes of at least 4 members (excludes halogenated alkanes) is 1. The first-order chi connectivity index (χ1) is 5.83. The maximum atomic E-state index is 5.53. The normalized spacial score (nSPS) is 23.2. The van der Waals surface area contributed by atoms with E-state index in [1.165, 1.54) is 31.3 Å². The van der Waals surface area contributed by atoms with Crippen LogP contribution in [-0.2, 0) is 4.74 Å². The Bertz CT molecular complexity index is 154. The second-order valence-corrected chi connectivity index (χ2v) is 3.55. The van der Waals surface area contributed by atoms with Crippen LogP contribution in [0.15, 0.2) is 11.8 Å². The highest BCUT2D eigenvalue weighted by molar-refractivity contribution is 4.97. The van der Waals surface area contributed by atoms with Gasteiger partial charge in [-0.05, 0) is 51.1 Å². The molecule has 2 N–H and O–H groups in total. The summed E-state index contributed by atoms with van der Waals surface area (Å²) in [5.41, 5.74) is 6.78. The molecular weight excluding hydrogens is 150 g/mol. The number of hydrogen-bond acceptors (Lipinski definition) is 2. The maximum Gasteiger partial charge on any atom is 0.0981 e. The number of hydrogen-bond donors (Lipinski definition) is 1. The van der Waals surface area contributed by atoms with Crippen molar-refractivity contribution in [3.05, 3.63) is 11.8 Å². The Morgan fingerprint density at radius 2 is 2.42 bits per heavy atom. The van der Waals surface area contributed by atoms with E-state index in [4.69, 9.17) is 10.5 Å². The molecule has 70 valence electrons. The summed E-state index contributed by atoms with van der Waals surface area (Å²) >= 11 is 0. The highest BCUT2D eigenvalue weighted by Gasteiger charge is 2.12. The van der Waals surface area contributed by atoms with Gasteiger partial charge in [-0.2, -0.15) is 0 Å². The van der Waals surface area contributed by atoms with Gasteiger partial charge in [0.15, 0.2) is 0 Å². The minimum Gasteiger partial charge on any atom is -0.498 e. The molecule has 0 bridgehead atoms. The average Bonchev–Trinajstić information content (AvgIpc) is 2.09. The van der Waals surface area contributed by atoms with Crippen LogP contribution in [0.1, 0.15) is 39.0 Å². The van der Waals surface area contributed by atoms with Crippen molar-refractivity contribution >= 4 is 0 Å². The van der Waals surface area contributed by atoms with Crippen molar-refractivity contribution in [2.75, 3.05) is 6.54 Å². The first-order valence-electron chi connectivity index (χ1n) is 4.84. The monoisotopic (exact) mass is 169 g/mol. The van der Waals surface area contributed by atoms with Crippen LogP contribution >= 0.6 is 0 Å². The van der Waals surface area contributed by atoms with Crippen LogP contribution in [0.2, 0.25) is 0 Å². The third-order valence-electron chi connectivity index (χ3n) is 2.30. The van der Waals surface area contributed by atoms with Crippen LogP contribution in [-0.4, -0.2) is 12.6 Å². The third-order valence-corrected chi connectivity index (χ3v) is 2.30. The van der Waals surface area contributed by atoms with E-state index in [0.717, 1.165) is 13.0 Å². The minimum atomic E-state index is 0.459. The molecule has 1 heterocycles. The van der Waals surface area contributed by atoms with Crippen LogP contribution in [0.25, 0.3) is 0 Å². The molecule has 0 saturated heterocycles. The first kappa shape index (κ1) is 9.59. The lowest BCUT2D eigenvalue weighted by molar-refractivity contribution is 0.109. The number of ether oxygens (including phenoxy) is 1. The molecule has 0 aromatic heterocycles. The summed E-state index contributed by atoms with van der Waals surface area (Å²) in [6, 6.07) is 0. The van der Waals surface area contributed by atoms with E-state index in [2.05, 4.69) is 6.92 Å². The van der Waals surface area contributed by atoms with Gasteiger partial charge >= 0.3 is 0 Å². The second-order valence-electron chi connectivity index (χ2n) is 3.55. The van der Waals surface area contributed by atoms with Crippen LogP contribution in [0.3, 0.4) is 0 Å². The van der Waals surface area contributed by atoms with Gasteiger partial charge in [0.1, 0.15) is 0 Å². The predicted molar refractivity (Wildman–Crippen MR) is 50.8 cm³/mol. The van der Waals surface area contributed by atoms with E-state index in [9.17, 15) is 0 Å². The first-order valence-corrected chi connectivity index (χ1v) is 4.84. The fraction of sp³-hybridized carbons (Fsp3) is 0.800. The van der Waals surface area contributed by atoms with Crippen molar-refractivity contribution in [1.82, 2.24) is 0 Å². The van der Waals surface area contributed by atoms with Crippen molar-refractivity contribution in [3.63, 3.8) is 0 Å². The molecule has 1 rings (SSSR count). The van der Waals surface area contributed by atoms with E-state index < -0.39 is 0 Å². The maximum absolute atomic E-state index is 5.53. The molecule has 0 spiro atoms. The van der Waals surface area contributed by atoms with Crippen LogP contribution in [0, 0.1) is 0 Å². The van der Waals surface area contributed by atoms with E-state index in [1.54, 1.807) is 0 Å². The molecule has 2 nitrogen and oxygen atoms in total. The molecule has 0 aliphatic carbocycles. The smallest absolute Gasteiger partial charge is 0.0981 e. The van der Waals surface area contributed by atoms with Crippen molar-refractivity contribution in [2.24, 2.45) is 5.73 Å². The van der Waals surface area contributed by atoms with E-state index in [0.29, 0.717) is 6.10 Å². The fourth-order valence-corrected chi connectivity index (χ4v) is 1.46. The molecule has 2 heteroatoms. The lowest BCUT2D eigenvalue weighted by Crippen LogP contribution is -2.14. The highest BCUT2D eigenvalue weighted by atomic mass is 16.5. The lowest BCUT2D eigenvalue weighted by Gasteiger charge is -2.21. The van der Waals surface area contributed by atoms with Crippen LogP contribution in [0.5, 0.6) is 0 Å². The molecule has 1 atom stereocenters. The molecule has 0 amide bonds. The molecule has 0 radical (unpaired) electrons. The van der Waals surface area contributed by atoms with Gasteiger partial charge in [-0.1, -0.05) is 0 Å². The summed E-state index contributed by atoms with van der Waals surface area (Å²) < 4.78 is 5.53. The van der Waals surface area contributed by atoms with Gasteiger partial charge < -0.3 is 10.5 Å². The average molecular weight is 169 g/mol. The van der Waals surface area contributed by atoms with Gasteiger partial charge in [0, 0.05) is 0 Å². The number of nitrogens with two attached hydrogens (primary N) is 1. The number of allylic oxidation sites excluding steroid dienone is 1. The molecule has 12 heavy (non-hydrogen) atoms. The van der Waals surface area contributed by atoms with Crippen LogP contribution < -0.4 is 5.73 Å². The summed E-state index contributed by atoms with van der Waals surface area (Å²) in [6.07, 6.45) is 8.26. The van der Waals surface area contributed by atoms with Gasteiger partial charge in [0.05, 0.1) is 12.4 Å². The Labute approximate surface area is 74.8 Å². The largest absolute Gasteiger partial charge is 0.498 e. The Balaban J connectivity index is 2.10. The summed E-state index contributed by atoms with van der Waals surface area (Å²) in [7, 11) is 0. The molecule has 0 aromatic rings. The van der Waals surface area contributed by atoms with E-state index in [-0.39, 0.29) is 0 Å². The van der Waals surface area contributed by atoms with Gasteiger partial charge in [0.25, 0.3) is 0 Å². The van der Waals surface area contributed by atoms with E-state index in [1.807, 2.05) is 6.26 Å². The predicted octanol–water partition coefficient (Wildman–Crippen LogP) is 2.20. The summed E-state index contributed by atoms with van der Waals surface area (Å²) in [6.45, 7) is 2.93. The lowest BCUT2D eigenvalue weighted by atomic mass is 10.0. The Hall–Kier alpha value is -0.500. The molecule has 1 aliphatic rings. The van der Waals surface area contributed by atoms with Gasteiger partial charge in [-0.3, -0.25) is 0 Å². The molecule has 1 unspecified atom stereocenters. The molecule has 0 aromatic carbocycles. The van der Waals surface area contributed by atoms with Gasteiger partial charge in [0.2, 0.25) is 0 Å². The van der Waals surface area contributed by atoms with E-state index >= 15 is 0 Å². The Morgan fingerprint density at radius 3 is 3.00 bits per heavy atom. The zero-order chi connectivity index (χ0) is 8.81. The summed E-state index contributed by atoms with van der Waals surface area (Å²) in [5.74, 6) is 0. The Morgan fingerprint density at radius 1 is 1.58 bits per heavy atom. The second kappa shape index (κ2) is 5.20. The number of rotatable bonds is 4.